The molecule has 0 bridgehead atoms. The molecule has 1 N–H and O–H groups in total. The van der Waals surface area contributed by atoms with Gasteiger partial charge in [0.15, 0.2) is 0 Å². The maximum atomic E-state index is 12.6. The molecule has 132 valence electrons. The number of rotatable bonds is 2. The number of carbonyl (C=O) groups is 3. The van der Waals surface area contributed by atoms with E-state index in [0.29, 0.717) is 25.3 Å². The summed E-state index contributed by atoms with van der Waals surface area (Å²) in [4.78, 5) is 40.6. The highest BCUT2D eigenvalue weighted by Crippen LogP contribution is 2.32. The summed E-state index contributed by atoms with van der Waals surface area (Å²) < 4.78 is 5.26. The first-order chi connectivity index (χ1) is 12.0. The number of carbonyl (C=O) groups excluding carboxylic acids is 3. The van der Waals surface area contributed by atoms with E-state index in [1.807, 2.05) is 19.1 Å². The lowest BCUT2D eigenvalue weighted by Crippen LogP contribution is -2.60. The molecule has 3 heterocycles. The SMILES string of the molecule is Cc1ccc(OC(=O)N[C@H]2C[C@H]3C(=O)N4CCC[C@H]4C(=O)N3C2)cc1. The highest BCUT2D eigenvalue weighted by Gasteiger charge is 2.51. The first kappa shape index (κ1) is 15.9. The van der Waals surface area contributed by atoms with Gasteiger partial charge >= 0.3 is 6.09 Å². The molecule has 1 aromatic carbocycles. The summed E-state index contributed by atoms with van der Waals surface area (Å²) in [5.74, 6) is 0.489. The number of ether oxygens (including phenoxy) is 1. The zero-order chi connectivity index (χ0) is 17.6. The Morgan fingerprint density at radius 3 is 2.60 bits per heavy atom. The van der Waals surface area contributed by atoms with Crippen LogP contribution in [0.2, 0.25) is 0 Å². The van der Waals surface area contributed by atoms with Crippen LogP contribution >= 0.6 is 0 Å². The van der Waals surface area contributed by atoms with Crippen molar-refractivity contribution in [1.82, 2.24) is 15.1 Å². The maximum absolute atomic E-state index is 12.6. The van der Waals surface area contributed by atoms with Gasteiger partial charge in [0.25, 0.3) is 0 Å². The Morgan fingerprint density at radius 1 is 1.12 bits per heavy atom. The van der Waals surface area contributed by atoms with Crippen molar-refractivity contribution >= 4 is 17.9 Å². The fourth-order valence-corrected chi connectivity index (χ4v) is 4.00. The molecule has 7 heteroatoms. The van der Waals surface area contributed by atoms with Gasteiger partial charge in [-0.1, -0.05) is 17.7 Å². The minimum Gasteiger partial charge on any atom is -0.410 e. The molecule has 3 aliphatic rings. The Labute approximate surface area is 145 Å². The first-order valence-electron chi connectivity index (χ1n) is 8.69. The van der Waals surface area contributed by atoms with E-state index < -0.39 is 12.1 Å². The average Bonchev–Trinajstić information content (AvgIpc) is 3.22. The van der Waals surface area contributed by atoms with Crippen LogP contribution in [0.1, 0.15) is 24.8 Å². The fraction of sp³-hybridized carbons (Fsp3) is 0.500. The summed E-state index contributed by atoms with van der Waals surface area (Å²) in [6.45, 7) is 2.98. The van der Waals surface area contributed by atoms with Gasteiger partial charge in [-0.3, -0.25) is 9.59 Å². The van der Waals surface area contributed by atoms with Crippen LogP contribution in [0.3, 0.4) is 0 Å². The molecule has 4 rings (SSSR count). The highest BCUT2D eigenvalue weighted by atomic mass is 16.6. The molecule has 7 nitrogen and oxygen atoms in total. The van der Waals surface area contributed by atoms with E-state index >= 15 is 0 Å². The van der Waals surface area contributed by atoms with Crippen LogP contribution in [-0.2, 0) is 9.59 Å². The van der Waals surface area contributed by atoms with E-state index in [1.165, 1.54) is 0 Å². The molecule has 0 spiro atoms. The highest BCUT2D eigenvalue weighted by molar-refractivity contribution is 5.98. The van der Waals surface area contributed by atoms with Crippen molar-refractivity contribution in [2.45, 2.75) is 44.3 Å². The lowest BCUT2D eigenvalue weighted by Gasteiger charge is -2.38. The number of benzene rings is 1. The van der Waals surface area contributed by atoms with Crippen molar-refractivity contribution in [3.05, 3.63) is 29.8 Å². The molecule has 0 aromatic heterocycles. The third-order valence-corrected chi connectivity index (χ3v) is 5.24. The molecule has 1 aromatic rings. The second kappa shape index (κ2) is 6.06. The van der Waals surface area contributed by atoms with Gasteiger partial charge in [-0.05, 0) is 38.3 Å². The van der Waals surface area contributed by atoms with E-state index in [0.717, 1.165) is 18.4 Å². The first-order valence-corrected chi connectivity index (χ1v) is 8.69. The molecule has 3 aliphatic heterocycles. The van der Waals surface area contributed by atoms with Crippen LogP contribution in [0.15, 0.2) is 24.3 Å². The molecular formula is C18H21N3O4. The molecule has 0 saturated carbocycles. The molecule has 3 atom stereocenters. The number of hydrogen-bond donors (Lipinski definition) is 1. The lowest BCUT2D eigenvalue weighted by atomic mass is 10.1. The number of aryl methyl sites for hydroxylation is 1. The Hall–Kier alpha value is -2.57. The van der Waals surface area contributed by atoms with Crippen molar-refractivity contribution in [3.8, 4) is 5.75 Å². The molecule has 25 heavy (non-hydrogen) atoms. The summed E-state index contributed by atoms with van der Waals surface area (Å²) in [5.41, 5.74) is 1.08. The van der Waals surface area contributed by atoms with Crippen molar-refractivity contribution < 1.29 is 19.1 Å². The molecule has 0 unspecified atom stereocenters. The summed E-state index contributed by atoms with van der Waals surface area (Å²) >= 11 is 0. The molecule has 3 fully saturated rings. The Bertz CT molecular complexity index is 688. The molecule has 3 amide bonds. The minimum absolute atomic E-state index is 0.0123. The van der Waals surface area contributed by atoms with Crippen molar-refractivity contribution in [2.75, 3.05) is 13.1 Å². The van der Waals surface area contributed by atoms with Gasteiger partial charge in [0.05, 0.1) is 6.04 Å². The molecule has 0 radical (unpaired) electrons. The summed E-state index contributed by atoms with van der Waals surface area (Å²) in [6.07, 6.45) is 1.50. The van der Waals surface area contributed by atoms with Gasteiger partial charge in [0.2, 0.25) is 11.8 Å². The quantitative estimate of drug-likeness (QED) is 0.871. The fourth-order valence-electron chi connectivity index (χ4n) is 4.00. The van der Waals surface area contributed by atoms with Crippen LogP contribution in [-0.4, -0.2) is 58.9 Å². The summed E-state index contributed by atoms with van der Waals surface area (Å²) in [5, 5.41) is 2.78. The van der Waals surface area contributed by atoms with Crippen LogP contribution in [0.5, 0.6) is 5.75 Å². The van der Waals surface area contributed by atoms with Crippen molar-refractivity contribution in [1.29, 1.82) is 0 Å². The van der Waals surface area contributed by atoms with Crippen molar-refractivity contribution in [3.63, 3.8) is 0 Å². The molecule has 0 aliphatic carbocycles. The number of nitrogens with one attached hydrogen (secondary N) is 1. The second-order valence-corrected chi connectivity index (χ2v) is 6.98. The lowest BCUT2D eigenvalue weighted by molar-refractivity contribution is -0.156. The average molecular weight is 343 g/mol. The van der Waals surface area contributed by atoms with Gasteiger partial charge in [-0.25, -0.2) is 4.79 Å². The van der Waals surface area contributed by atoms with E-state index in [2.05, 4.69) is 5.32 Å². The summed E-state index contributed by atoms with van der Waals surface area (Å²) in [6, 6.07) is 6.17. The predicted molar refractivity (Wildman–Crippen MR) is 89.0 cm³/mol. The maximum Gasteiger partial charge on any atom is 0.412 e. The monoisotopic (exact) mass is 343 g/mol. The number of hydrogen-bond acceptors (Lipinski definition) is 4. The minimum atomic E-state index is -0.561. The zero-order valence-electron chi connectivity index (χ0n) is 14.1. The smallest absolute Gasteiger partial charge is 0.410 e. The molecule has 3 saturated heterocycles. The van der Waals surface area contributed by atoms with Crippen LogP contribution in [0, 0.1) is 6.92 Å². The van der Waals surface area contributed by atoms with Crippen molar-refractivity contribution in [2.24, 2.45) is 0 Å². The zero-order valence-corrected chi connectivity index (χ0v) is 14.1. The standard InChI is InChI=1S/C18H21N3O4/c1-11-4-6-13(7-5-11)25-18(24)19-12-9-15-17(23)20-8-2-3-14(20)16(22)21(15)10-12/h4-7,12,14-15H,2-3,8-10H2,1H3,(H,19,24)/t12-,14-,15-/m0/s1. The van der Waals surface area contributed by atoms with Gasteiger partial charge < -0.3 is 19.9 Å². The number of amides is 3. The topological polar surface area (TPSA) is 79.0 Å². The number of fused-ring (bicyclic) bond motifs is 2. The largest absolute Gasteiger partial charge is 0.412 e. The molecular weight excluding hydrogens is 322 g/mol. The van der Waals surface area contributed by atoms with Crippen LogP contribution < -0.4 is 10.1 Å². The van der Waals surface area contributed by atoms with Gasteiger partial charge in [0, 0.05) is 13.1 Å². The van der Waals surface area contributed by atoms with E-state index in [-0.39, 0.29) is 23.9 Å². The van der Waals surface area contributed by atoms with E-state index in [1.54, 1.807) is 21.9 Å². The van der Waals surface area contributed by atoms with Crippen LogP contribution in [0.4, 0.5) is 4.79 Å². The second-order valence-electron chi connectivity index (χ2n) is 6.98. The number of piperazine rings is 1. The van der Waals surface area contributed by atoms with Crippen LogP contribution in [0.25, 0.3) is 0 Å². The third-order valence-electron chi connectivity index (χ3n) is 5.24. The van der Waals surface area contributed by atoms with Gasteiger partial charge in [-0.15, -0.1) is 0 Å². The Morgan fingerprint density at radius 2 is 1.84 bits per heavy atom. The predicted octanol–water partition coefficient (Wildman–Crippen LogP) is 1.06. The third kappa shape index (κ3) is 2.83. The summed E-state index contributed by atoms with van der Waals surface area (Å²) in [7, 11) is 0. The van der Waals surface area contributed by atoms with E-state index in [9.17, 15) is 14.4 Å². The van der Waals surface area contributed by atoms with Gasteiger partial charge in [0.1, 0.15) is 17.8 Å². The Balaban J connectivity index is 1.39. The van der Waals surface area contributed by atoms with E-state index in [4.69, 9.17) is 4.74 Å². The number of nitrogens with zero attached hydrogens (tertiary/aromatic N) is 2. The Kier molecular flexibility index (Phi) is 3.86. The normalized spacial score (nSPS) is 28.0. The van der Waals surface area contributed by atoms with Gasteiger partial charge in [-0.2, -0.15) is 0 Å².